The Morgan fingerprint density at radius 3 is 3.00 bits per heavy atom. The lowest BCUT2D eigenvalue weighted by atomic mass is 10.3. The van der Waals surface area contributed by atoms with Crippen LogP contribution in [-0.4, -0.2) is 22.0 Å². The second kappa shape index (κ2) is 5.81. The van der Waals surface area contributed by atoms with Crippen molar-refractivity contribution in [3.63, 3.8) is 0 Å². The van der Waals surface area contributed by atoms with Gasteiger partial charge in [-0.2, -0.15) is 0 Å². The van der Waals surface area contributed by atoms with Crippen LogP contribution in [0.4, 0.5) is 5.69 Å². The molecule has 1 aliphatic carbocycles. The summed E-state index contributed by atoms with van der Waals surface area (Å²) < 4.78 is 5.59. The summed E-state index contributed by atoms with van der Waals surface area (Å²) in [6, 6.07) is 3.54. The van der Waals surface area contributed by atoms with Crippen molar-refractivity contribution < 1.29 is 9.53 Å². The minimum atomic E-state index is -0.222. The number of ether oxygens (including phenoxy) is 1. The summed E-state index contributed by atoms with van der Waals surface area (Å²) in [6.45, 7) is 3.84. The fourth-order valence-corrected chi connectivity index (χ4v) is 2.87. The number of nitrogens with one attached hydrogen (secondary N) is 1. The molecule has 1 aliphatic rings. The molecular weight excluding hydrogens is 286 g/mol. The molecule has 0 bridgehead atoms. The van der Waals surface area contributed by atoms with Crippen molar-refractivity contribution in [2.24, 2.45) is 0 Å². The fraction of sp³-hybridized carbons (Fsp3) is 0.400. The van der Waals surface area contributed by atoms with E-state index in [1.54, 1.807) is 29.7 Å². The first-order chi connectivity index (χ1) is 10.1. The van der Waals surface area contributed by atoms with Crippen LogP contribution in [0.2, 0.25) is 0 Å². The van der Waals surface area contributed by atoms with Crippen LogP contribution in [0.3, 0.4) is 0 Å². The van der Waals surface area contributed by atoms with Gasteiger partial charge in [-0.25, -0.2) is 9.97 Å². The van der Waals surface area contributed by atoms with Crippen LogP contribution in [0.1, 0.15) is 48.1 Å². The van der Waals surface area contributed by atoms with E-state index < -0.39 is 0 Å². The Kier molecular flexibility index (Phi) is 3.88. The van der Waals surface area contributed by atoms with Gasteiger partial charge in [0.05, 0.1) is 11.1 Å². The third-order valence-electron chi connectivity index (χ3n) is 3.05. The van der Waals surface area contributed by atoms with Gasteiger partial charge in [0.2, 0.25) is 5.88 Å². The predicted molar refractivity (Wildman–Crippen MR) is 82.0 cm³/mol. The zero-order chi connectivity index (χ0) is 14.8. The maximum absolute atomic E-state index is 12.3. The number of carbonyl (C=O) groups is 1. The van der Waals surface area contributed by atoms with Crippen molar-refractivity contribution in [3.8, 4) is 5.88 Å². The third-order valence-corrected chi connectivity index (χ3v) is 4.06. The maximum atomic E-state index is 12.3. The zero-order valence-electron chi connectivity index (χ0n) is 12.0. The number of carbonyl (C=O) groups excluding carboxylic acids is 1. The summed E-state index contributed by atoms with van der Waals surface area (Å²) in [5.41, 5.74) is 1.03. The van der Waals surface area contributed by atoms with E-state index in [9.17, 15) is 4.79 Å². The van der Waals surface area contributed by atoms with Crippen molar-refractivity contribution >= 4 is 22.9 Å². The Balaban J connectivity index is 1.74. The number of amides is 1. The summed E-state index contributed by atoms with van der Waals surface area (Å²) in [5, 5.41) is 5.69. The van der Waals surface area contributed by atoms with Gasteiger partial charge in [0.15, 0.2) is 0 Å². The van der Waals surface area contributed by atoms with E-state index in [4.69, 9.17) is 4.74 Å². The molecule has 0 atom stereocenters. The monoisotopic (exact) mass is 303 g/mol. The number of aromatic nitrogens is 2. The Morgan fingerprint density at radius 2 is 2.29 bits per heavy atom. The second-order valence-corrected chi connectivity index (χ2v) is 6.21. The molecule has 1 fully saturated rings. The largest absolute Gasteiger partial charge is 0.473 e. The first-order valence-corrected chi connectivity index (χ1v) is 7.90. The Labute approximate surface area is 127 Å². The van der Waals surface area contributed by atoms with E-state index in [0.29, 0.717) is 23.2 Å². The van der Waals surface area contributed by atoms with Crippen LogP contribution in [0.5, 0.6) is 5.88 Å². The number of anilines is 1. The molecule has 3 rings (SSSR count). The van der Waals surface area contributed by atoms with Crippen molar-refractivity contribution in [2.45, 2.75) is 38.7 Å². The summed E-state index contributed by atoms with van der Waals surface area (Å²) >= 11 is 1.56. The Hall–Kier alpha value is -1.95. The predicted octanol–water partition coefficient (Wildman–Crippen LogP) is 3.46. The van der Waals surface area contributed by atoms with Crippen LogP contribution >= 0.6 is 11.3 Å². The van der Waals surface area contributed by atoms with Crippen molar-refractivity contribution in [1.82, 2.24) is 9.97 Å². The van der Waals surface area contributed by atoms with Crippen molar-refractivity contribution in [1.29, 1.82) is 0 Å². The molecule has 0 spiro atoms. The highest BCUT2D eigenvalue weighted by atomic mass is 32.1. The summed E-state index contributed by atoms with van der Waals surface area (Å²) in [6.07, 6.45) is 4.01. The molecule has 0 aromatic carbocycles. The highest BCUT2D eigenvalue weighted by Gasteiger charge is 2.27. The molecule has 2 heterocycles. The number of hydrogen-bond acceptors (Lipinski definition) is 5. The van der Waals surface area contributed by atoms with E-state index in [1.807, 2.05) is 19.2 Å². The smallest absolute Gasteiger partial charge is 0.275 e. The number of thiazole rings is 1. The van der Waals surface area contributed by atoms with Crippen LogP contribution in [0.25, 0.3) is 0 Å². The number of nitrogens with zero attached hydrogens (tertiary/aromatic N) is 2. The molecular formula is C15H17N3O2S. The molecule has 5 nitrogen and oxygen atoms in total. The molecule has 2 aromatic heterocycles. The van der Waals surface area contributed by atoms with E-state index in [2.05, 4.69) is 15.3 Å². The summed E-state index contributed by atoms with van der Waals surface area (Å²) in [5.74, 6) is 0.771. The van der Waals surface area contributed by atoms with Crippen LogP contribution in [0, 0.1) is 0 Å². The van der Waals surface area contributed by atoms with Gasteiger partial charge in [0.25, 0.3) is 5.91 Å². The highest BCUT2D eigenvalue weighted by molar-refractivity contribution is 7.10. The van der Waals surface area contributed by atoms with Gasteiger partial charge < -0.3 is 10.1 Å². The first kappa shape index (κ1) is 14.0. The molecule has 1 amide bonds. The van der Waals surface area contributed by atoms with Gasteiger partial charge in [-0.05, 0) is 38.8 Å². The lowest BCUT2D eigenvalue weighted by Crippen LogP contribution is -2.15. The van der Waals surface area contributed by atoms with Crippen molar-refractivity contribution in [3.05, 3.63) is 34.4 Å². The molecule has 0 radical (unpaired) electrons. The van der Waals surface area contributed by atoms with Gasteiger partial charge in [-0.1, -0.05) is 0 Å². The minimum absolute atomic E-state index is 0.00343. The van der Waals surface area contributed by atoms with Gasteiger partial charge in [-0.15, -0.1) is 11.3 Å². The van der Waals surface area contributed by atoms with E-state index in [1.165, 1.54) is 12.8 Å². The quantitative estimate of drug-likeness (QED) is 0.918. The number of rotatable bonds is 5. The van der Waals surface area contributed by atoms with E-state index in [0.717, 1.165) is 5.01 Å². The molecule has 1 saturated carbocycles. The van der Waals surface area contributed by atoms with Crippen LogP contribution in [0.15, 0.2) is 23.7 Å². The van der Waals surface area contributed by atoms with Crippen LogP contribution in [-0.2, 0) is 0 Å². The lowest BCUT2D eigenvalue weighted by molar-refractivity contribution is 0.102. The lowest BCUT2D eigenvalue weighted by Gasteiger charge is -2.12. The molecule has 6 heteroatoms. The van der Waals surface area contributed by atoms with Crippen LogP contribution < -0.4 is 10.1 Å². The molecule has 0 aliphatic heterocycles. The summed E-state index contributed by atoms with van der Waals surface area (Å²) in [4.78, 5) is 20.8. The molecule has 0 unspecified atom stereocenters. The standard InChI is InChI=1S/C15H17N3O2S/c1-9(2)20-14-11(4-3-7-16-14)17-13(19)12-8-21-15(18-12)10-5-6-10/h3-4,7-10H,5-6H2,1-2H3,(H,17,19). The number of hydrogen-bond donors (Lipinski definition) is 1. The maximum Gasteiger partial charge on any atom is 0.275 e. The topological polar surface area (TPSA) is 64.1 Å². The fourth-order valence-electron chi connectivity index (χ4n) is 1.90. The van der Waals surface area contributed by atoms with Gasteiger partial charge in [0, 0.05) is 17.5 Å². The van der Waals surface area contributed by atoms with E-state index >= 15 is 0 Å². The third kappa shape index (κ3) is 3.39. The molecule has 1 N–H and O–H groups in total. The average Bonchev–Trinajstić information content (AvgIpc) is 3.18. The number of pyridine rings is 1. The molecule has 0 saturated heterocycles. The molecule has 110 valence electrons. The van der Waals surface area contributed by atoms with Crippen molar-refractivity contribution in [2.75, 3.05) is 5.32 Å². The van der Waals surface area contributed by atoms with Gasteiger partial charge in [0.1, 0.15) is 11.4 Å². The minimum Gasteiger partial charge on any atom is -0.473 e. The second-order valence-electron chi connectivity index (χ2n) is 5.32. The highest BCUT2D eigenvalue weighted by Crippen LogP contribution is 2.41. The average molecular weight is 303 g/mol. The van der Waals surface area contributed by atoms with E-state index in [-0.39, 0.29) is 12.0 Å². The summed E-state index contributed by atoms with van der Waals surface area (Å²) in [7, 11) is 0. The Morgan fingerprint density at radius 1 is 1.48 bits per heavy atom. The first-order valence-electron chi connectivity index (χ1n) is 7.02. The molecule has 2 aromatic rings. The normalized spacial score (nSPS) is 14.2. The van der Waals surface area contributed by atoms with Gasteiger partial charge in [-0.3, -0.25) is 4.79 Å². The molecule has 21 heavy (non-hydrogen) atoms. The van der Waals surface area contributed by atoms with Gasteiger partial charge >= 0.3 is 0 Å². The Bertz CT molecular complexity index is 650. The SMILES string of the molecule is CC(C)Oc1ncccc1NC(=O)c1csc(C2CC2)n1. The zero-order valence-corrected chi connectivity index (χ0v) is 12.8.